The molecule has 146 valence electrons. The molecule has 3 aromatic carbocycles. The van der Waals surface area contributed by atoms with Gasteiger partial charge in [-0.15, -0.1) is 0 Å². The number of nitrogens with zero attached hydrogens (tertiary/aromatic N) is 2. The van der Waals surface area contributed by atoms with Crippen molar-refractivity contribution in [1.29, 1.82) is 0 Å². The van der Waals surface area contributed by atoms with Gasteiger partial charge in [0.05, 0.1) is 11.0 Å². The lowest BCUT2D eigenvalue weighted by molar-refractivity contribution is 0.251. The molecule has 0 unspecified atom stereocenters. The summed E-state index contributed by atoms with van der Waals surface area (Å²) in [4.78, 5) is 17.1. The summed E-state index contributed by atoms with van der Waals surface area (Å²) in [5.41, 5.74) is 6.18. The van der Waals surface area contributed by atoms with E-state index < -0.39 is 0 Å². The Hall–Kier alpha value is -3.60. The topological polar surface area (TPSA) is 59.0 Å². The number of anilines is 1. The van der Waals surface area contributed by atoms with E-state index in [2.05, 4.69) is 52.5 Å². The molecule has 0 fully saturated rings. The van der Waals surface area contributed by atoms with Crippen molar-refractivity contribution in [2.24, 2.45) is 0 Å². The lowest BCUT2D eigenvalue weighted by Crippen LogP contribution is -2.31. The number of carbonyl (C=O) groups is 1. The quantitative estimate of drug-likeness (QED) is 0.500. The molecule has 5 nitrogen and oxygen atoms in total. The Bertz CT molecular complexity index is 1150. The Balaban J connectivity index is 1.50. The van der Waals surface area contributed by atoms with Gasteiger partial charge in [0.15, 0.2) is 0 Å². The van der Waals surface area contributed by atoms with Gasteiger partial charge in [-0.3, -0.25) is 0 Å². The first-order valence-corrected chi connectivity index (χ1v) is 9.74. The normalized spacial score (nSPS) is 10.8. The Kier molecular flexibility index (Phi) is 5.29. The van der Waals surface area contributed by atoms with E-state index in [1.54, 1.807) is 0 Å². The standard InChI is InChI=1S/C24H24N4O/c1-17-10-12-19(13-11-17)23-27-21-8-3-4-9-22(21)28(23)15-14-25-24(29)26-20-7-5-6-18(2)16-20/h3-13,16H,14-15H2,1-2H3,(H2,25,26,29). The maximum absolute atomic E-state index is 12.3. The molecule has 0 aliphatic heterocycles. The number of imidazole rings is 1. The lowest BCUT2D eigenvalue weighted by Gasteiger charge is -2.12. The van der Waals surface area contributed by atoms with Crippen molar-refractivity contribution in [2.45, 2.75) is 20.4 Å². The van der Waals surface area contributed by atoms with Crippen LogP contribution in [-0.2, 0) is 6.54 Å². The SMILES string of the molecule is Cc1ccc(-c2nc3ccccc3n2CCNC(=O)Nc2cccc(C)c2)cc1. The predicted octanol–water partition coefficient (Wildman–Crippen LogP) is 5.14. The molecule has 0 saturated carbocycles. The summed E-state index contributed by atoms with van der Waals surface area (Å²) in [7, 11) is 0. The van der Waals surface area contributed by atoms with Crippen molar-refractivity contribution < 1.29 is 4.79 Å². The van der Waals surface area contributed by atoms with E-state index in [9.17, 15) is 4.79 Å². The molecule has 0 atom stereocenters. The number of urea groups is 1. The zero-order valence-electron chi connectivity index (χ0n) is 16.6. The van der Waals surface area contributed by atoms with Crippen molar-refractivity contribution in [3.8, 4) is 11.4 Å². The number of carbonyl (C=O) groups excluding carboxylic acids is 1. The highest BCUT2D eigenvalue weighted by Gasteiger charge is 2.12. The van der Waals surface area contributed by atoms with Crippen LogP contribution in [0.3, 0.4) is 0 Å². The molecule has 0 spiro atoms. The van der Waals surface area contributed by atoms with Gasteiger partial charge in [-0.25, -0.2) is 9.78 Å². The second-order valence-corrected chi connectivity index (χ2v) is 7.19. The molecular weight excluding hydrogens is 360 g/mol. The summed E-state index contributed by atoms with van der Waals surface area (Å²) in [6.45, 7) is 5.20. The van der Waals surface area contributed by atoms with Gasteiger partial charge < -0.3 is 15.2 Å². The number of hydrogen-bond donors (Lipinski definition) is 2. The number of para-hydroxylation sites is 2. The Morgan fingerprint density at radius 2 is 1.72 bits per heavy atom. The third-order valence-electron chi connectivity index (χ3n) is 4.86. The molecule has 1 aromatic heterocycles. The van der Waals surface area contributed by atoms with Crippen LogP contribution in [0.4, 0.5) is 10.5 Å². The molecule has 0 aliphatic rings. The van der Waals surface area contributed by atoms with Gasteiger partial charge in [0.25, 0.3) is 0 Å². The van der Waals surface area contributed by atoms with Crippen molar-refractivity contribution in [3.63, 3.8) is 0 Å². The summed E-state index contributed by atoms with van der Waals surface area (Å²) in [5.74, 6) is 0.909. The fourth-order valence-corrected chi connectivity index (χ4v) is 3.40. The van der Waals surface area contributed by atoms with Gasteiger partial charge >= 0.3 is 6.03 Å². The van der Waals surface area contributed by atoms with E-state index in [0.29, 0.717) is 13.1 Å². The van der Waals surface area contributed by atoms with Gasteiger partial charge in [-0.05, 0) is 43.7 Å². The Labute approximate surface area is 170 Å². The molecule has 4 aromatic rings. The van der Waals surface area contributed by atoms with E-state index in [-0.39, 0.29) is 6.03 Å². The first kappa shape index (κ1) is 18.7. The van der Waals surface area contributed by atoms with Crippen molar-refractivity contribution in [1.82, 2.24) is 14.9 Å². The minimum Gasteiger partial charge on any atom is -0.336 e. The van der Waals surface area contributed by atoms with Crippen LogP contribution in [-0.4, -0.2) is 22.1 Å². The average molecular weight is 384 g/mol. The second kappa shape index (κ2) is 8.19. The first-order chi connectivity index (χ1) is 14.1. The van der Waals surface area contributed by atoms with Crippen LogP contribution in [0.15, 0.2) is 72.8 Å². The van der Waals surface area contributed by atoms with Crippen molar-refractivity contribution in [3.05, 3.63) is 83.9 Å². The van der Waals surface area contributed by atoms with Crippen molar-refractivity contribution >= 4 is 22.8 Å². The fourth-order valence-electron chi connectivity index (χ4n) is 3.40. The van der Waals surface area contributed by atoms with Crippen LogP contribution < -0.4 is 10.6 Å². The van der Waals surface area contributed by atoms with Gasteiger partial charge in [-0.2, -0.15) is 0 Å². The summed E-state index contributed by atoms with van der Waals surface area (Å²) in [6.07, 6.45) is 0. The minimum absolute atomic E-state index is 0.211. The van der Waals surface area contributed by atoms with E-state index in [4.69, 9.17) is 4.98 Å². The van der Waals surface area contributed by atoms with E-state index in [0.717, 1.165) is 33.7 Å². The van der Waals surface area contributed by atoms with Crippen LogP contribution in [0.1, 0.15) is 11.1 Å². The number of fused-ring (bicyclic) bond motifs is 1. The summed E-state index contributed by atoms with van der Waals surface area (Å²) >= 11 is 0. The molecule has 2 N–H and O–H groups in total. The summed E-state index contributed by atoms with van der Waals surface area (Å²) < 4.78 is 2.16. The number of nitrogens with one attached hydrogen (secondary N) is 2. The number of amides is 2. The maximum atomic E-state index is 12.3. The predicted molar refractivity (Wildman–Crippen MR) is 118 cm³/mol. The highest BCUT2D eigenvalue weighted by molar-refractivity contribution is 5.89. The molecular formula is C24H24N4O. The Morgan fingerprint density at radius 3 is 2.52 bits per heavy atom. The summed E-state index contributed by atoms with van der Waals surface area (Å²) in [6, 6.07) is 24.0. The van der Waals surface area contributed by atoms with Crippen molar-refractivity contribution in [2.75, 3.05) is 11.9 Å². The zero-order valence-corrected chi connectivity index (χ0v) is 16.6. The zero-order chi connectivity index (χ0) is 20.2. The van der Waals surface area contributed by atoms with Gasteiger partial charge in [0.2, 0.25) is 0 Å². The number of aromatic nitrogens is 2. The third kappa shape index (κ3) is 4.29. The van der Waals surface area contributed by atoms with Crippen LogP contribution in [0.25, 0.3) is 22.4 Å². The molecule has 0 aliphatic carbocycles. The van der Waals surface area contributed by atoms with Gasteiger partial charge in [0, 0.05) is 24.3 Å². The fraction of sp³-hybridized carbons (Fsp3) is 0.167. The number of rotatable bonds is 5. The van der Waals surface area contributed by atoms with Crippen LogP contribution >= 0.6 is 0 Å². The van der Waals surface area contributed by atoms with Crippen LogP contribution in [0, 0.1) is 13.8 Å². The highest BCUT2D eigenvalue weighted by Crippen LogP contribution is 2.25. The average Bonchev–Trinajstić information content (AvgIpc) is 3.07. The number of hydrogen-bond acceptors (Lipinski definition) is 2. The molecule has 0 bridgehead atoms. The van der Waals surface area contributed by atoms with Gasteiger partial charge in [0.1, 0.15) is 5.82 Å². The maximum Gasteiger partial charge on any atom is 0.319 e. The van der Waals surface area contributed by atoms with Crippen LogP contribution in [0.5, 0.6) is 0 Å². The minimum atomic E-state index is -0.211. The van der Waals surface area contributed by atoms with E-state index in [1.165, 1.54) is 5.56 Å². The molecule has 5 heteroatoms. The Morgan fingerprint density at radius 1 is 0.931 bits per heavy atom. The highest BCUT2D eigenvalue weighted by atomic mass is 16.2. The van der Waals surface area contributed by atoms with Gasteiger partial charge in [-0.1, -0.05) is 54.1 Å². The summed E-state index contributed by atoms with van der Waals surface area (Å²) in [5, 5.41) is 5.82. The molecule has 1 heterocycles. The van der Waals surface area contributed by atoms with E-state index in [1.807, 2.05) is 49.4 Å². The monoisotopic (exact) mass is 384 g/mol. The van der Waals surface area contributed by atoms with Crippen LogP contribution in [0.2, 0.25) is 0 Å². The molecule has 4 rings (SSSR count). The lowest BCUT2D eigenvalue weighted by atomic mass is 10.1. The van der Waals surface area contributed by atoms with E-state index >= 15 is 0 Å². The molecule has 0 radical (unpaired) electrons. The third-order valence-corrected chi connectivity index (χ3v) is 4.86. The number of benzene rings is 3. The number of aryl methyl sites for hydroxylation is 2. The smallest absolute Gasteiger partial charge is 0.319 e. The second-order valence-electron chi connectivity index (χ2n) is 7.19. The molecule has 29 heavy (non-hydrogen) atoms. The molecule has 2 amide bonds. The first-order valence-electron chi connectivity index (χ1n) is 9.74. The molecule has 0 saturated heterocycles. The largest absolute Gasteiger partial charge is 0.336 e.